The average molecular weight is 739 g/mol. The van der Waals surface area contributed by atoms with Gasteiger partial charge in [-0.25, -0.2) is 0 Å². The van der Waals surface area contributed by atoms with Crippen LogP contribution in [-0.2, 0) is 0 Å². The zero-order valence-electron chi connectivity index (χ0n) is 33.1. The molecule has 1 N–H and O–H groups in total. The summed E-state index contributed by atoms with van der Waals surface area (Å²) in [6.45, 7) is 4.63. The molecule has 0 saturated heterocycles. The van der Waals surface area contributed by atoms with Gasteiger partial charge in [-0.1, -0.05) is 201 Å². The molecule has 0 bridgehead atoms. The Bertz CT molecular complexity index is 2500. The lowest BCUT2D eigenvalue weighted by molar-refractivity contribution is 0.131. The Morgan fingerprint density at radius 3 is 1.46 bits per heavy atom. The SMILES string of the molecule is CCC(c1cccc(-c2ccccc2)c1-c1ccccc1)N(C)C(NC(C)c1cc(-c2ccccc2)cc(-c2ccccc2-c2ccccc2)c1)c1ccccc1. The van der Waals surface area contributed by atoms with Gasteiger partial charge < -0.3 is 0 Å². The van der Waals surface area contributed by atoms with Crippen molar-refractivity contribution in [2.24, 2.45) is 0 Å². The molecule has 0 aliphatic carbocycles. The van der Waals surface area contributed by atoms with E-state index in [4.69, 9.17) is 0 Å². The molecule has 8 rings (SSSR count). The molecule has 2 heteroatoms. The van der Waals surface area contributed by atoms with E-state index in [2.05, 4.69) is 243 Å². The highest BCUT2D eigenvalue weighted by atomic mass is 15.3. The molecule has 0 heterocycles. The Hall–Kier alpha value is -6.32. The maximum absolute atomic E-state index is 4.17. The fraction of sp³-hybridized carbons (Fsp3) is 0.127. The Balaban J connectivity index is 1.22. The topological polar surface area (TPSA) is 15.3 Å². The van der Waals surface area contributed by atoms with Crippen molar-refractivity contribution in [2.75, 3.05) is 7.05 Å². The Kier molecular flexibility index (Phi) is 11.6. The molecule has 8 aromatic carbocycles. The van der Waals surface area contributed by atoms with Gasteiger partial charge in [-0.2, -0.15) is 0 Å². The van der Waals surface area contributed by atoms with Crippen molar-refractivity contribution in [3.8, 4) is 55.6 Å². The lowest BCUT2D eigenvalue weighted by atomic mass is 9.86. The van der Waals surface area contributed by atoms with Crippen LogP contribution in [0.5, 0.6) is 0 Å². The van der Waals surface area contributed by atoms with E-state index < -0.39 is 0 Å². The normalized spacial score (nSPS) is 12.9. The summed E-state index contributed by atoms with van der Waals surface area (Å²) in [4.78, 5) is 2.55. The molecular weight excluding hydrogens is 689 g/mol. The highest BCUT2D eigenvalue weighted by Crippen LogP contribution is 2.43. The fourth-order valence-corrected chi connectivity index (χ4v) is 8.42. The highest BCUT2D eigenvalue weighted by molar-refractivity contribution is 5.87. The monoisotopic (exact) mass is 738 g/mol. The number of nitrogens with one attached hydrogen (secondary N) is 1. The Morgan fingerprint density at radius 2 is 0.877 bits per heavy atom. The van der Waals surface area contributed by atoms with Crippen molar-refractivity contribution in [3.63, 3.8) is 0 Å². The Labute approximate surface area is 339 Å². The molecule has 280 valence electrons. The first-order chi connectivity index (χ1) is 28.1. The third-order valence-electron chi connectivity index (χ3n) is 11.3. The van der Waals surface area contributed by atoms with Gasteiger partial charge in [0, 0.05) is 12.1 Å². The van der Waals surface area contributed by atoms with Gasteiger partial charge in [0.15, 0.2) is 0 Å². The lowest BCUT2D eigenvalue weighted by Gasteiger charge is -2.38. The van der Waals surface area contributed by atoms with Gasteiger partial charge in [0.1, 0.15) is 0 Å². The second-order valence-corrected chi connectivity index (χ2v) is 14.9. The average Bonchev–Trinajstić information content (AvgIpc) is 3.29. The van der Waals surface area contributed by atoms with Gasteiger partial charge in [0.05, 0.1) is 6.17 Å². The molecule has 3 unspecified atom stereocenters. The van der Waals surface area contributed by atoms with Crippen molar-refractivity contribution in [1.29, 1.82) is 0 Å². The first kappa shape index (κ1) is 37.6. The minimum absolute atomic E-state index is 0.0192. The van der Waals surface area contributed by atoms with Crippen LogP contribution in [0.1, 0.15) is 55.2 Å². The van der Waals surface area contributed by atoms with Crippen LogP contribution in [0.4, 0.5) is 0 Å². The molecule has 0 fully saturated rings. The smallest absolute Gasteiger partial charge is 0.0868 e. The molecule has 0 spiro atoms. The van der Waals surface area contributed by atoms with Gasteiger partial charge >= 0.3 is 0 Å². The van der Waals surface area contributed by atoms with Crippen LogP contribution in [-0.4, -0.2) is 11.9 Å². The maximum Gasteiger partial charge on any atom is 0.0868 e. The second-order valence-electron chi connectivity index (χ2n) is 14.9. The van der Waals surface area contributed by atoms with Crippen molar-refractivity contribution in [2.45, 2.75) is 38.5 Å². The maximum atomic E-state index is 4.17. The highest BCUT2D eigenvalue weighted by Gasteiger charge is 2.29. The van der Waals surface area contributed by atoms with Gasteiger partial charge in [-0.05, 0) is 111 Å². The van der Waals surface area contributed by atoms with Crippen LogP contribution in [0, 0.1) is 0 Å². The van der Waals surface area contributed by atoms with Gasteiger partial charge in [-0.3, -0.25) is 10.2 Å². The number of hydrogen-bond donors (Lipinski definition) is 1. The summed E-state index contributed by atoms with van der Waals surface area (Å²) < 4.78 is 0. The molecule has 8 aromatic rings. The summed E-state index contributed by atoms with van der Waals surface area (Å²) in [5.41, 5.74) is 16.1. The summed E-state index contributed by atoms with van der Waals surface area (Å²) >= 11 is 0. The summed E-state index contributed by atoms with van der Waals surface area (Å²) in [7, 11) is 2.29. The van der Waals surface area contributed by atoms with E-state index in [1.807, 2.05) is 0 Å². The van der Waals surface area contributed by atoms with E-state index in [-0.39, 0.29) is 18.2 Å². The van der Waals surface area contributed by atoms with Crippen LogP contribution >= 0.6 is 0 Å². The van der Waals surface area contributed by atoms with Crippen molar-refractivity contribution >= 4 is 0 Å². The Morgan fingerprint density at radius 1 is 0.421 bits per heavy atom. The van der Waals surface area contributed by atoms with E-state index in [0.717, 1.165) is 6.42 Å². The van der Waals surface area contributed by atoms with Gasteiger partial charge in [0.25, 0.3) is 0 Å². The van der Waals surface area contributed by atoms with Crippen LogP contribution in [0.2, 0.25) is 0 Å². The third kappa shape index (κ3) is 8.30. The van der Waals surface area contributed by atoms with E-state index in [9.17, 15) is 0 Å². The number of hydrogen-bond acceptors (Lipinski definition) is 2. The molecule has 3 atom stereocenters. The molecule has 0 aromatic heterocycles. The number of rotatable bonds is 13. The molecule has 0 saturated carbocycles. The summed E-state index contributed by atoms with van der Waals surface area (Å²) in [6, 6.07) is 77.0. The minimum Gasteiger partial charge on any atom is -0.291 e. The number of nitrogens with zero attached hydrogens (tertiary/aromatic N) is 1. The van der Waals surface area contributed by atoms with Crippen molar-refractivity contribution < 1.29 is 0 Å². The zero-order chi connectivity index (χ0) is 39.0. The second kappa shape index (κ2) is 17.6. The van der Waals surface area contributed by atoms with Gasteiger partial charge in [0.2, 0.25) is 0 Å². The number of benzene rings is 8. The summed E-state index contributed by atoms with van der Waals surface area (Å²) in [6.07, 6.45) is 0.869. The van der Waals surface area contributed by atoms with E-state index in [0.29, 0.717) is 0 Å². The predicted molar refractivity (Wildman–Crippen MR) is 242 cm³/mol. The quantitative estimate of drug-likeness (QED) is 0.119. The van der Waals surface area contributed by atoms with Crippen molar-refractivity contribution in [3.05, 3.63) is 229 Å². The van der Waals surface area contributed by atoms with Crippen LogP contribution in [0.3, 0.4) is 0 Å². The standard InChI is InChI=1S/C55H50N2/c1-4-53(52-36-22-35-51(43-27-14-7-15-28-43)54(52)44-29-16-8-17-30-44)57(3)55(45-31-18-9-19-32-45)56-40(2)46-37-47(41-23-10-5-11-24-41)39-48(38-46)50-34-21-20-33-49(50)42-25-12-6-13-26-42/h5-40,53,55-56H,4H2,1-3H3. The van der Waals surface area contributed by atoms with Crippen molar-refractivity contribution in [1.82, 2.24) is 10.2 Å². The predicted octanol–water partition coefficient (Wildman–Crippen LogP) is 14.5. The first-order valence-electron chi connectivity index (χ1n) is 20.2. The van der Waals surface area contributed by atoms with E-state index >= 15 is 0 Å². The van der Waals surface area contributed by atoms with Crippen LogP contribution < -0.4 is 5.32 Å². The first-order valence-corrected chi connectivity index (χ1v) is 20.2. The van der Waals surface area contributed by atoms with Crippen LogP contribution in [0.25, 0.3) is 55.6 Å². The summed E-state index contributed by atoms with van der Waals surface area (Å²) in [5, 5.41) is 4.17. The molecular formula is C55H50N2. The molecule has 2 nitrogen and oxygen atoms in total. The summed E-state index contributed by atoms with van der Waals surface area (Å²) in [5.74, 6) is 0. The zero-order valence-corrected chi connectivity index (χ0v) is 33.1. The minimum atomic E-state index is -0.0735. The van der Waals surface area contributed by atoms with E-state index in [1.165, 1.54) is 72.3 Å². The largest absolute Gasteiger partial charge is 0.291 e. The molecule has 0 aliphatic rings. The van der Waals surface area contributed by atoms with Gasteiger partial charge in [-0.15, -0.1) is 0 Å². The van der Waals surface area contributed by atoms with Crippen LogP contribution in [0.15, 0.2) is 212 Å². The van der Waals surface area contributed by atoms with E-state index in [1.54, 1.807) is 0 Å². The molecule has 57 heavy (non-hydrogen) atoms. The molecule has 0 radical (unpaired) electrons. The fourth-order valence-electron chi connectivity index (χ4n) is 8.42. The lowest BCUT2D eigenvalue weighted by Crippen LogP contribution is -2.39. The third-order valence-corrected chi connectivity index (χ3v) is 11.3. The molecule has 0 aliphatic heterocycles. The molecule has 0 amide bonds.